The molecular weight excluding hydrogens is 230 g/mol. The number of hydrogen-bond acceptors (Lipinski definition) is 4. The Labute approximate surface area is 108 Å². The average Bonchev–Trinajstić information content (AvgIpc) is 2.60. The molecule has 1 aliphatic rings. The van der Waals surface area contributed by atoms with Gasteiger partial charge in [-0.25, -0.2) is 4.98 Å². The van der Waals surface area contributed by atoms with Gasteiger partial charge in [-0.15, -0.1) is 11.3 Å². The third-order valence-electron chi connectivity index (χ3n) is 3.10. The summed E-state index contributed by atoms with van der Waals surface area (Å²) < 4.78 is 0. The van der Waals surface area contributed by atoms with E-state index < -0.39 is 0 Å². The Morgan fingerprint density at radius 2 is 2.00 bits per heavy atom. The Morgan fingerprint density at radius 3 is 2.65 bits per heavy atom. The molecule has 1 aliphatic heterocycles. The van der Waals surface area contributed by atoms with Crippen LogP contribution in [-0.2, 0) is 6.54 Å². The minimum absolute atomic E-state index is 0.540. The van der Waals surface area contributed by atoms with Crippen molar-refractivity contribution >= 4 is 16.5 Å². The van der Waals surface area contributed by atoms with Crippen LogP contribution in [0.15, 0.2) is 6.20 Å². The van der Waals surface area contributed by atoms with Gasteiger partial charge in [0.2, 0.25) is 0 Å². The van der Waals surface area contributed by atoms with Gasteiger partial charge in [-0.3, -0.25) is 0 Å². The summed E-state index contributed by atoms with van der Waals surface area (Å²) in [5.41, 5.74) is 0. The van der Waals surface area contributed by atoms with E-state index in [4.69, 9.17) is 0 Å². The van der Waals surface area contributed by atoms with Crippen LogP contribution in [0.5, 0.6) is 0 Å². The lowest BCUT2D eigenvalue weighted by molar-refractivity contribution is 0.593. The highest BCUT2D eigenvalue weighted by Crippen LogP contribution is 2.25. The summed E-state index contributed by atoms with van der Waals surface area (Å²) in [7, 11) is 0. The first-order valence-electron chi connectivity index (χ1n) is 6.69. The summed E-state index contributed by atoms with van der Waals surface area (Å²) in [4.78, 5) is 8.36. The third kappa shape index (κ3) is 3.96. The van der Waals surface area contributed by atoms with Crippen molar-refractivity contribution in [3.05, 3.63) is 11.1 Å². The lowest BCUT2D eigenvalue weighted by Gasteiger charge is -2.18. The smallest absolute Gasteiger partial charge is 0.185 e. The van der Waals surface area contributed by atoms with Crippen molar-refractivity contribution in [1.82, 2.24) is 10.3 Å². The Bertz CT molecular complexity index is 327. The van der Waals surface area contributed by atoms with Crippen LogP contribution in [0, 0.1) is 0 Å². The molecule has 0 radical (unpaired) electrons. The SMILES string of the molecule is CC(C)NCc1cnc(N2CCCCCC2)s1. The van der Waals surface area contributed by atoms with Crippen molar-refractivity contribution in [3.8, 4) is 0 Å². The van der Waals surface area contributed by atoms with Crippen LogP contribution in [0.4, 0.5) is 5.13 Å². The maximum absolute atomic E-state index is 4.56. The van der Waals surface area contributed by atoms with E-state index in [0.717, 1.165) is 6.54 Å². The van der Waals surface area contributed by atoms with E-state index in [2.05, 4.69) is 29.0 Å². The molecule has 0 atom stereocenters. The van der Waals surface area contributed by atoms with Gasteiger partial charge in [0.15, 0.2) is 5.13 Å². The van der Waals surface area contributed by atoms with Gasteiger partial charge >= 0.3 is 0 Å². The molecule has 0 aromatic carbocycles. The summed E-state index contributed by atoms with van der Waals surface area (Å²) in [6.07, 6.45) is 7.42. The number of aromatic nitrogens is 1. The van der Waals surface area contributed by atoms with Crippen molar-refractivity contribution in [2.45, 2.75) is 52.1 Å². The molecule has 0 bridgehead atoms. The van der Waals surface area contributed by atoms with Crippen molar-refractivity contribution in [2.75, 3.05) is 18.0 Å². The number of rotatable bonds is 4. The van der Waals surface area contributed by atoms with Gasteiger partial charge < -0.3 is 10.2 Å². The van der Waals surface area contributed by atoms with E-state index in [0.29, 0.717) is 6.04 Å². The van der Waals surface area contributed by atoms with Crippen LogP contribution < -0.4 is 10.2 Å². The van der Waals surface area contributed by atoms with Crippen LogP contribution >= 0.6 is 11.3 Å². The normalized spacial score (nSPS) is 17.5. The van der Waals surface area contributed by atoms with Gasteiger partial charge in [0.1, 0.15) is 0 Å². The van der Waals surface area contributed by atoms with Crippen LogP contribution in [0.25, 0.3) is 0 Å². The molecule has 2 rings (SSSR count). The first-order valence-corrected chi connectivity index (χ1v) is 7.50. The van der Waals surface area contributed by atoms with Crippen LogP contribution in [0.2, 0.25) is 0 Å². The van der Waals surface area contributed by atoms with E-state index in [1.165, 1.54) is 48.8 Å². The minimum Gasteiger partial charge on any atom is -0.348 e. The summed E-state index contributed by atoms with van der Waals surface area (Å²) in [6.45, 7) is 7.67. The van der Waals surface area contributed by atoms with Gasteiger partial charge in [0, 0.05) is 36.8 Å². The Balaban J connectivity index is 1.92. The average molecular weight is 253 g/mol. The molecule has 96 valence electrons. The first kappa shape index (κ1) is 12.8. The molecule has 1 fully saturated rings. The third-order valence-corrected chi connectivity index (χ3v) is 4.16. The van der Waals surface area contributed by atoms with Crippen molar-refractivity contribution in [3.63, 3.8) is 0 Å². The molecule has 4 heteroatoms. The zero-order valence-corrected chi connectivity index (χ0v) is 11.7. The lowest BCUT2D eigenvalue weighted by Crippen LogP contribution is -2.23. The van der Waals surface area contributed by atoms with E-state index >= 15 is 0 Å². The Kier molecular flexibility index (Phi) is 4.80. The van der Waals surface area contributed by atoms with Crippen molar-refractivity contribution in [1.29, 1.82) is 0 Å². The van der Waals surface area contributed by atoms with Crippen LogP contribution in [0.1, 0.15) is 44.4 Å². The number of anilines is 1. The predicted molar refractivity (Wildman–Crippen MR) is 74.8 cm³/mol. The maximum Gasteiger partial charge on any atom is 0.185 e. The second-order valence-electron chi connectivity index (χ2n) is 5.05. The molecule has 1 saturated heterocycles. The lowest BCUT2D eigenvalue weighted by atomic mass is 10.2. The van der Waals surface area contributed by atoms with Gasteiger partial charge in [0.05, 0.1) is 0 Å². The maximum atomic E-state index is 4.56. The number of nitrogens with zero attached hydrogens (tertiary/aromatic N) is 2. The summed E-state index contributed by atoms with van der Waals surface area (Å²) >= 11 is 1.84. The second kappa shape index (κ2) is 6.36. The number of nitrogens with one attached hydrogen (secondary N) is 1. The quantitative estimate of drug-likeness (QED) is 0.894. The molecule has 3 nitrogen and oxygen atoms in total. The molecule has 1 aromatic heterocycles. The first-order chi connectivity index (χ1) is 8.25. The minimum atomic E-state index is 0.540. The molecule has 0 unspecified atom stereocenters. The fraction of sp³-hybridized carbons (Fsp3) is 0.769. The predicted octanol–water partition coefficient (Wildman–Crippen LogP) is 3.02. The molecule has 0 aliphatic carbocycles. The summed E-state index contributed by atoms with van der Waals surface area (Å²) in [6, 6.07) is 0.540. The topological polar surface area (TPSA) is 28.2 Å². The van der Waals surface area contributed by atoms with Crippen molar-refractivity contribution < 1.29 is 0 Å². The largest absolute Gasteiger partial charge is 0.348 e. The molecule has 1 N–H and O–H groups in total. The van der Waals surface area contributed by atoms with E-state index in [9.17, 15) is 0 Å². The fourth-order valence-corrected chi connectivity index (χ4v) is 3.00. The number of thiazole rings is 1. The molecule has 0 spiro atoms. The highest BCUT2D eigenvalue weighted by molar-refractivity contribution is 7.15. The molecule has 17 heavy (non-hydrogen) atoms. The molecule has 0 amide bonds. The summed E-state index contributed by atoms with van der Waals surface area (Å²) in [5.74, 6) is 0. The van der Waals surface area contributed by atoms with Crippen LogP contribution in [-0.4, -0.2) is 24.1 Å². The van der Waals surface area contributed by atoms with Crippen molar-refractivity contribution in [2.24, 2.45) is 0 Å². The van der Waals surface area contributed by atoms with E-state index in [-0.39, 0.29) is 0 Å². The van der Waals surface area contributed by atoms with Gasteiger partial charge in [-0.05, 0) is 12.8 Å². The van der Waals surface area contributed by atoms with Gasteiger partial charge in [0.25, 0.3) is 0 Å². The molecule has 0 saturated carbocycles. The monoisotopic (exact) mass is 253 g/mol. The highest BCUT2D eigenvalue weighted by Gasteiger charge is 2.13. The van der Waals surface area contributed by atoms with E-state index in [1.807, 2.05) is 17.5 Å². The van der Waals surface area contributed by atoms with Gasteiger partial charge in [-0.1, -0.05) is 26.7 Å². The zero-order valence-electron chi connectivity index (χ0n) is 10.9. The number of hydrogen-bond donors (Lipinski definition) is 1. The Morgan fingerprint density at radius 1 is 1.29 bits per heavy atom. The second-order valence-corrected chi connectivity index (χ2v) is 6.14. The standard InChI is InChI=1S/C13H23N3S/c1-11(2)14-9-12-10-15-13(17-12)16-7-5-3-4-6-8-16/h10-11,14H,3-9H2,1-2H3. The fourth-order valence-electron chi connectivity index (χ4n) is 2.09. The van der Waals surface area contributed by atoms with Gasteiger partial charge in [-0.2, -0.15) is 0 Å². The Hall–Kier alpha value is -0.610. The van der Waals surface area contributed by atoms with Crippen LogP contribution in [0.3, 0.4) is 0 Å². The molecular formula is C13H23N3S. The zero-order chi connectivity index (χ0) is 12.1. The highest BCUT2D eigenvalue weighted by atomic mass is 32.1. The molecule has 1 aromatic rings. The summed E-state index contributed by atoms with van der Waals surface area (Å²) in [5, 5.41) is 4.66. The van der Waals surface area contributed by atoms with E-state index in [1.54, 1.807) is 0 Å². The molecule has 2 heterocycles.